The molecule has 154 valence electrons. The summed E-state index contributed by atoms with van der Waals surface area (Å²) in [5.41, 5.74) is 3.62. The first kappa shape index (κ1) is 19.3. The fourth-order valence-electron chi connectivity index (χ4n) is 3.85. The molecule has 6 heteroatoms. The highest BCUT2D eigenvalue weighted by atomic mass is 32.2. The molecule has 0 aliphatic rings. The van der Waals surface area contributed by atoms with Crippen molar-refractivity contribution in [3.63, 3.8) is 0 Å². The van der Waals surface area contributed by atoms with Crippen LogP contribution in [0.2, 0.25) is 0 Å². The van der Waals surface area contributed by atoms with Crippen LogP contribution in [-0.4, -0.2) is 31.2 Å². The van der Waals surface area contributed by atoms with Gasteiger partial charge < -0.3 is 4.74 Å². The minimum Gasteiger partial charge on any atom is -0.497 e. The average Bonchev–Trinajstić information content (AvgIpc) is 3.19. The van der Waals surface area contributed by atoms with Crippen molar-refractivity contribution in [3.8, 4) is 28.4 Å². The van der Waals surface area contributed by atoms with Crippen LogP contribution in [0.15, 0.2) is 90.0 Å². The fourth-order valence-corrected chi connectivity index (χ4v) is 4.48. The molecule has 5 rings (SSSR count). The molecule has 5 nitrogen and oxygen atoms in total. The molecule has 0 unspecified atom stereocenters. The highest BCUT2D eigenvalue weighted by molar-refractivity contribution is 7.90. The summed E-state index contributed by atoms with van der Waals surface area (Å²) < 4.78 is 31.1. The van der Waals surface area contributed by atoms with E-state index >= 15 is 0 Å². The lowest BCUT2D eigenvalue weighted by molar-refractivity contribution is 0.415. The van der Waals surface area contributed by atoms with Crippen LogP contribution < -0.4 is 4.74 Å². The van der Waals surface area contributed by atoms with Gasteiger partial charge in [0.1, 0.15) is 11.6 Å². The zero-order valence-corrected chi connectivity index (χ0v) is 17.9. The number of fused-ring (bicyclic) bond motifs is 3. The molecular formula is C25H20N2O3S. The van der Waals surface area contributed by atoms with Crippen LogP contribution in [0.4, 0.5) is 0 Å². The number of rotatable bonds is 4. The largest absolute Gasteiger partial charge is 0.497 e. The number of sulfone groups is 1. The van der Waals surface area contributed by atoms with E-state index in [4.69, 9.17) is 9.72 Å². The molecule has 0 radical (unpaired) electrons. The third-order valence-electron chi connectivity index (χ3n) is 5.43. The smallest absolute Gasteiger partial charge is 0.175 e. The maximum Gasteiger partial charge on any atom is 0.175 e. The van der Waals surface area contributed by atoms with Crippen molar-refractivity contribution < 1.29 is 13.2 Å². The summed E-state index contributed by atoms with van der Waals surface area (Å²) >= 11 is 0. The van der Waals surface area contributed by atoms with Crippen LogP contribution in [0.25, 0.3) is 38.9 Å². The van der Waals surface area contributed by atoms with Crippen LogP contribution in [0.5, 0.6) is 5.75 Å². The van der Waals surface area contributed by atoms with Crippen molar-refractivity contribution >= 4 is 26.1 Å². The molecule has 0 aliphatic carbocycles. The summed E-state index contributed by atoms with van der Waals surface area (Å²) in [6.07, 6.45) is 3.24. The quantitative estimate of drug-likeness (QED) is 0.393. The second kappa shape index (κ2) is 7.25. The maximum absolute atomic E-state index is 11.9. The zero-order chi connectivity index (χ0) is 21.6. The minimum atomic E-state index is -3.26. The number of pyridine rings is 1. The Morgan fingerprint density at radius 1 is 0.839 bits per heavy atom. The van der Waals surface area contributed by atoms with Gasteiger partial charge in [-0.3, -0.25) is 4.40 Å². The summed E-state index contributed by atoms with van der Waals surface area (Å²) in [6, 6.07) is 25.0. The molecule has 0 amide bonds. The van der Waals surface area contributed by atoms with Crippen LogP contribution in [0.3, 0.4) is 0 Å². The lowest BCUT2D eigenvalue weighted by Gasteiger charge is -2.06. The maximum atomic E-state index is 11.9. The number of imidazole rings is 1. The second-order valence-electron chi connectivity index (χ2n) is 7.43. The molecule has 0 aliphatic heterocycles. The highest BCUT2D eigenvalue weighted by Gasteiger charge is 2.17. The van der Waals surface area contributed by atoms with E-state index in [0.29, 0.717) is 4.90 Å². The molecule has 0 N–H and O–H groups in total. The van der Waals surface area contributed by atoms with Gasteiger partial charge >= 0.3 is 0 Å². The van der Waals surface area contributed by atoms with E-state index in [1.54, 1.807) is 19.2 Å². The third kappa shape index (κ3) is 3.35. The number of methoxy groups -OCH3 is 1. The summed E-state index contributed by atoms with van der Waals surface area (Å²) in [5, 5.41) is 2.20. The third-order valence-corrected chi connectivity index (χ3v) is 6.56. The van der Waals surface area contributed by atoms with Gasteiger partial charge in [0.05, 0.1) is 23.2 Å². The number of hydrogen-bond donors (Lipinski definition) is 0. The Morgan fingerprint density at radius 3 is 2.19 bits per heavy atom. The normalized spacial score (nSPS) is 11.8. The second-order valence-corrected chi connectivity index (χ2v) is 9.45. The highest BCUT2D eigenvalue weighted by Crippen LogP contribution is 2.35. The monoisotopic (exact) mass is 428 g/mol. The molecule has 0 saturated carbocycles. The van der Waals surface area contributed by atoms with Crippen LogP contribution in [0.1, 0.15) is 0 Å². The van der Waals surface area contributed by atoms with Gasteiger partial charge in [0.2, 0.25) is 0 Å². The summed E-state index contributed by atoms with van der Waals surface area (Å²) in [4.78, 5) is 5.29. The molecule has 2 aromatic heterocycles. The molecule has 0 saturated heterocycles. The first-order valence-corrected chi connectivity index (χ1v) is 11.7. The lowest BCUT2D eigenvalue weighted by atomic mass is 10.1. The Bertz CT molecular complexity index is 1520. The van der Waals surface area contributed by atoms with E-state index in [9.17, 15) is 8.42 Å². The minimum absolute atomic E-state index is 0.292. The van der Waals surface area contributed by atoms with Crippen molar-refractivity contribution in [3.05, 3.63) is 85.1 Å². The van der Waals surface area contributed by atoms with E-state index < -0.39 is 9.84 Å². The number of benzene rings is 3. The Kier molecular flexibility index (Phi) is 4.52. The van der Waals surface area contributed by atoms with Crippen LogP contribution in [-0.2, 0) is 9.84 Å². The molecule has 2 heterocycles. The van der Waals surface area contributed by atoms with Crippen LogP contribution in [0, 0.1) is 0 Å². The van der Waals surface area contributed by atoms with Gasteiger partial charge in [0.25, 0.3) is 0 Å². The van der Waals surface area contributed by atoms with E-state index in [1.165, 1.54) is 6.26 Å². The van der Waals surface area contributed by atoms with Gasteiger partial charge in [-0.05, 0) is 47.9 Å². The molecule has 5 aromatic rings. The van der Waals surface area contributed by atoms with Crippen molar-refractivity contribution in [2.45, 2.75) is 4.90 Å². The number of hydrogen-bond acceptors (Lipinski definition) is 4. The molecule has 0 spiro atoms. The van der Waals surface area contributed by atoms with E-state index in [1.807, 2.05) is 54.7 Å². The van der Waals surface area contributed by atoms with Crippen molar-refractivity contribution in [2.24, 2.45) is 0 Å². The SMILES string of the molecule is COc1ccc(-c2nc(-c3ccc(S(C)(=O)=O)cc3)c3c4ccccc4ccn23)cc1. The van der Waals surface area contributed by atoms with Crippen molar-refractivity contribution in [1.82, 2.24) is 9.38 Å². The number of aromatic nitrogens is 2. The first-order chi connectivity index (χ1) is 15.0. The van der Waals surface area contributed by atoms with Crippen LogP contribution >= 0.6 is 0 Å². The lowest BCUT2D eigenvalue weighted by Crippen LogP contribution is -1.96. The Labute approximate surface area is 180 Å². The van der Waals surface area contributed by atoms with Gasteiger partial charge in [0, 0.05) is 29.0 Å². The number of nitrogens with zero attached hydrogens (tertiary/aromatic N) is 2. The molecule has 0 atom stereocenters. The Hall–Kier alpha value is -3.64. The topological polar surface area (TPSA) is 60.7 Å². The van der Waals surface area contributed by atoms with E-state index in [-0.39, 0.29) is 0 Å². The Balaban J connectivity index is 1.79. The molecule has 0 bridgehead atoms. The zero-order valence-electron chi connectivity index (χ0n) is 17.1. The van der Waals surface area contributed by atoms with Gasteiger partial charge in [-0.25, -0.2) is 13.4 Å². The molecule has 0 fully saturated rings. The van der Waals surface area contributed by atoms with Gasteiger partial charge in [-0.1, -0.05) is 36.4 Å². The molecule has 3 aromatic carbocycles. The Morgan fingerprint density at radius 2 is 1.52 bits per heavy atom. The standard InChI is InChI=1S/C25H20N2O3S/c1-30-20-11-7-19(8-12-20)25-26-23(18-9-13-21(14-10-18)31(2,28)29)24-22-6-4-3-5-17(22)15-16-27(24)25/h3-16H,1-2H3. The summed E-state index contributed by atoms with van der Waals surface area (Å²) in [6.45, 7) is 0. The molecular weight excluding hydrogens is 408 g/mol. The summed E-state index contributed by atoms with van der Waals surface area (Å²) in [5.74, 6) is 1.59. The first-order valence-electron chi connectivity index (χ1n) is 9.80. The number of ether oxygens (including phenoxy) is 1. The van der Waals surface area contributed by atoms with Crippen molar-refractivity contribution in [2.75, 3.05) is 13.4 Å². The fraction of sp³-hybridized carbons (Fsp3) is 0.0800. The predicted molar refractivity (Wildman–Crippen MR) is 123 cm³/mol. The van der Waals surface area contributed by atoms with E-state index in [2.05, 4.69) is 22.6 Å². The van der Waals surface area contributed by atoms with Gasteiger partial charge in [0.15, 0.2) is 9.84 Å². The summed E-state index contributed by atoms with van der Waals surface area (Å²) in [7, 11) is -1.62. The molecule has 31 heavy (non-hydrogen) atoms. The van der Waals surface area contributed by atoms with Crippen molar-refractivity contribution in [1.29, 1.82) is 0 Å². The van der Waals surface area contributed by atoms with Gasteiger partial charge in [-0.2, -0.15) is 0 Å². The van der Waals surface area contributed by atoms with Gasteiger partial charge in [-0.15, -0.1) is 0 Å². The van der Waals surface area contributed by atoms with E-state index in [0.717, 1.165) is 44.7 Å². The average molecular weight is 429 g/mol. The predicted octanol–water partition coefficient (Wildman–Crippen LogP) is 5.23.